The topological polar surface area (TPSA) is 50.4 Å². The van der Waals surface area contributed by atoms with Crippen molar-refractivity contribution in [2.45, 2.75) is 19.8 Å². The van der Waals surface area contributed by atoms with Crippen molar-refractivity contribution in [2.75, 3.05) is 25.5 Å². The fraction of sp³-hybridized carbons (Fsp3) is 0.316. The van der Waals surface area contributed by atoms with E-state index < -0.39 is 0 Å². The first-order valence-corrected chi connectivity index (χ1v) is 8.36. The number of aryl methyl sites for hydroxylation is 2. The number of halogens is 1. The highest BCUT2D eigenvalue weighted by atomic mass is 35.5. The third-order valence-electron chi connectivity index (χ3n) is 3.73. The summed E-state index contributed by atoms with van der Waals surface area (Å²) in [5.41, 5.74) is 2.98. The zero-order valence-electron chi connectivity index (χ0n) is 14.1. The summed E-state index contributed by atoms with van der Waals surface area (Å²) in [6, 6.07) is 13.9. The molecule has 1 amide bonds. The average molecular weight is 347 g/mol. The monoisotopic (exact) mass is 346 g/mol. The zero-order valence-corrected chi connectivity index (χ0v) is 14.8. The van der Waals surface area contributed by atoms with Crippen LogP contribution >= 0.6 is 11.6 Å². The fourth-order valence-corrected chi connectivity index (χ4v) is 2.53. The molecule has 0 unspecified atom stereocenters. The quantitative estimate of drug-likeness (QED) is 0.714. The van der Waals surface area contributed by atoms with Crippen LogP contribution in [-0.4, -0.2) is 26.1 Å². The van der Waals surface area contributed by atoms with Gasteiger partial charge in [0, 0.05) is 17.6 Å². The van der Waals surface area contributed by atoms with Gasteiger partial charge in [0.05, 0.1) is 19.3 Å². The number of carbonyl (C=O) groups excluding carboxylic acids is 1. The molecule has 0 saturated carbocycles. The van der Waals surface area contributed by atoms with Crippen LogP contribution in [0.4, 0.5) is 5.69 Å². The van der Waals surface area contributed by atoms with Gasteiger partial charge in [0.2, 0.25) is 5.91 Å². The van der Waals surface area contributed by atoms with Gasteiger partial charge in [-0.2, -0.15) is 0 Å². The Morgan fingerprint density at radius 3 is 2.67 bits per heavy atom. The van der Waals surface area contributed by atoms with Crippen molar-refractivity contribution in [3.05, 3.63) is 58.6 Å². The summed E-state index contributed by atoms with van der Waals surface area (Å²) in [6.45, 7) is 2.77. The van der Waals surface area contributed by atoms with E-state index in [1.165, 1.54) is 5.56 Å². The summed E-state index contributed by atoms with van der Waals surface area (Å²) in [7, 11) is 1.58. The summed E-state index contributed by atoms with van der Waals surface area (Å²) in [4.78, 5) is 11.9. The predicted octanol–water partition coefficient (Wildman–Crippen LogP) is 3.82. The number of hydrogen-bond acceptors (Lipinski definition) is 3. The number of carbonyl (C=O) groups is 1. The molecule has 0 spiro atoms. The van der Waals surface area contributed by atoms with Crippen molar-refractivity contribution in [3.63, 3.8) is 0 Å². The highest BCUT2D eigenvalue weighted by Crippen LogP contribution is 2.30. The number of nitrogens with one attached hydrogen (secondary N) is 2. The van der Waals surface area contributed by atoms with E-state index in [0.717, 1.165) is 24.1 Å². The normalized spacial score (nSPS) is 10.3. The minimum Gasteiger partial charge on any atom is -0.495 e. The lowest BCUT2D eigenvalue weighted by Gasteiger charge is -2.13. The third kappa shape index (κ3) is 5.46. The Labute approximate surface area is 148 Å². The van der Waals surface area contributed by atoms with Crippen LogP contribution in [0.25, 0.3) is 0 Å². The Bertz CT molecular complexity index is 675. The van der Waals surface area contributed by atoms with Gasteiger partial charge in [-0.05, 0) is 37.0 Å². The standard InChI is InChI=1S/C19H23ClN2O2/c1-14-11-17(18(24-2)12-16(14)20)22-13-19(23)21-10-6-9-15-7-4-3-5-8-15/h3-5,7-8,11-12,22H,6,9-10,13H2,1-2H3,(H,21,23). The van der Waals surface area contributed by atoms with Gasteiger partial charge in [-0.25, -0.2) is 0 Å². The molecule has 0 aliphatic carbocycles. The molecule has 2 rings (SSSR count). The first-order valence-electron chi connectivity index (χ1n) is 7.99. The molecule has 2 aromatic carbocycles. The van der Waals surface area contributed by atoms with Gasteiger partial charge in [-0.3, -0.25) is 4.79 Å². The summed E-state index contributed by atoms with van der Waals surface area (Å²) in [5.74, 6) is 0.584. The van der Waals surface area contributed by atoms with Crippen LogP contribution in [0.3, 0.4) is 0 Å². The van der Waals surface area contributed by atoms with E-state index in [2.05, 4.69) is 22.8 Å². The molecule has 128 valence electrons. The largest absolute Gasteiger partial charge is 0.495 e. The van der Waals surface area contributed by atoms with E-state index >= 15 is 0 Å². The zero-order chi connectivity index (χ0) is 17.4. The molecule has 0 aromatic heterocycles. The lowest BCUT2D eigenvalue weighted by molar-refractivity contribution is -0.119. The average Bonchev–Trinajstić information content (AvgIpc) is 2.60. The Kier molecular flexibility index (Phi) is 6.94. The van der Waals surface area contributed by atoms with E-state index in [1.807, 2.05) is 31.2 Å². The molecule has 0 heterocycles. The van der Waals surface area contributed by atoms with Crippen LogP contribution in [0, 0.1) is 6.92 Å². The van der Waals surface area contributed by atoms with Crippen LogP contribution in [0.15, 0.2) is 42.5 Å². The maximum absolute atomic E-state index is 11.9. The second-order valence-electron chi connectivity index (χ2n) is 5.59. The van der Waals surface area contributed by atoms with Crippen LogP contribution in [0.1, 0.15) is 17.5 Å². The number of ether oxygens (including phenoxy) is 1. The number of rotatable bonds is 8. The number of benzene rings is 2. The predicted molar refractivity (Wildman–Crippen MR) is 99.0 cm³/mol. The molecule has 0 aliphatic rings. The first-order chi connectivity index (χ1) is 11.6. The van der Waals surface area contributed by atoms with Gasteiger partial charge >= 0.3 is 0 Å². The van der Waals surface area contributed by atoms with Crippen molar-refractivity contribution in [2.24, 2.45) is 0 Å². The molecule has 2 aromatic rings. The number of hydrogen-bond donors (Lipinski definition) is 2. The lowest BCUT2D eigenvalue weighted by atomic mass is 10.1. The molecule has 0 saturated heterocycles. The van der Waals surface area contributed by atoms with E-state index in [9.17, 15) is 4.79 Å². The Hall–Kier alpha value is -2.20. The molecule has 0 bridgehead atoms. The first kappa shape index (κ1) is 18.1. The number of anilines is 1. The Morgan fingerprint density at radius 1 is 1.21 bits per heavy atom. The van der Waals surface area contributed by atoms with Crippen LogP contribution in [-0.2, 0) is 11.2 Å². The number of methoxy groups -OCH3 is 1. The molecule has 0 atom stereocenters. The minimum atomic E-state index is -0.0438. The van der Waals surface area contributed by atoms with Crippen LogP contribution in [0.2, 0.25) is 5.02 Å². The van der Waals surface area contributed by atoms with Gasteiger partial charge in [-0.15, -0.1) is 0 Å². The molecule has 2 N–H and O–H groups in total. The molecule has 5 heteroatoms. The van der Waals surface area contributed by atoms with Gasteiger partial charge < -0.3 is 15.4 Å². The summed E-state index contributed by atoms with van der Waals surface area (Å²) in [5, 5.41) is 6.65. The van der Waals surface area contributed by atoms with Crippen molar-refractivity contribution in [1.29, 1.82) is 0 Å². The summed E-state index contributed by atoms with van der Waals surface area (Å²) in [6.07, 6.45) is 1.87. The second kappa shape index (κ2) is 9.18. The highest BCUT2D eigenvalue weighted by molar-refractivity contribution is 6.31. The molecule has 4 nitrogen and oxygen atoms in total. The smallest absolute Gasteiger partial charge is 0.239 e. The van der Waals surface area contributed by atoms with Gasteiger partial charge in [0.15, 0.2) is 0 Å². The van der Waals surface area contributed by atoms with Crippen molar-refractivity contribution >= 4 is 23.2 Å². The molecule has 0 fully saturated rings. The van der Waals surface area contributed by atoms with Crippen molar-refractivity contribution < 1.29 is 9.53 Å². The molecule has 0 aliphatic heterocycles. The van der Waals surface area contributed by atoms with E-state index in [-0.39, 0.29) is 12.5 Å². The Balaban J connectivity index is 1.74. The van der Waals surface area contributed by atoms with E-state index in [1.54, 1.807) is 13.2 Å². The molecule has 24 heavy (non-hydrogen) atoms. The lowest BCUT2D eigenvalue weighted by Crippen LogP contribution is -2.30. The minimum absolute atomic E-state index is 0.0438. The number of amides is 1. The molecule has 0 radical (unpaired) electrons. The van der Waals surface area contributed by atoms with E-state index in [0.29, 0.717) is 17.3 Å². The summed E-state index contributed by atoms with van der Waals surface area (Å²) < 4.78 is 5.28. The third-order valence-corrected chi connectivity index (χ3v) is 4.13. The van der Waals surface area contributed by atoms with Gasteiger partial charge in [0.1, 0.15) is 5.75 Å². The van der Waals surface area contributed by atoms with Gasteiger partial charge in [0.25, 0.3) is 0 Å². The van der Waals surface area contributed by atoms with E-state index in [4.69, 9.17) is 16.3 Å². The summed E-state index contributed by atoms with van der Waals surface area (Å²) >= 11 is 6.08. The maximum Gasteiger partial charge on any atom is 0.239 e. The SMILES string of the molecule is COc1cc(Cl)c(C)cc1NCC(=O)NCCCc1ccccc1. The fourth-order valence-electron chi connectivity index (χ4n) is 2.37. The Morgan fingerprint density at radius 2 is 1.96 bits per heavy atom. The maximum atomic E-state index is 11.9. The van der Waals surface area contributed by atoms with Crippen molar-refractivity contribution in [3.8, 4) is 5.75 Å². The molecular weight excluding hydrogens is 324 g/mol. The van der Waals surface area contributed by atoms with Crippen LogP contribution in [0.5, 0.6) is 5.75 Å². The van der Waals surface area contributed by atoms with Crippen molar-refractivity contribution in [1.82, 2.24) is 5.32 Å². The van der Waals surface area contributed by atoms with Crippen LogP contribution < -0.4 is 15.4 Å². The highest BCUT2D eigenvalue weighted by Gasteiger charge is 2.08. The second-order valence-corrected chi connectivity index (χ2v) is 6.00. The molecular formula is C19H23ClN2O2. The van der Waals surface area contributed by atoms with Gasteiger partial charge in [-0.1, -0.05) is 41.9 Å².